The van der Waals surface area contributed by atoms with Gasteiger partial charge in [-0.1, -0.05) is 18.2 Å². The molecule has 6 N–H and O–H groups in total. The Morgan fingerprint density at radius 3 is 2.63 bits per heavy atom. The zero-order valence-corrected chi connectivity index (χ0v) is 20.5. The number of nitrogens with one attached hydrogen (secondary N) is 5. The summed E-state index contributed by atoms with van der Waals surface area (Å²) >= 11 is 0. The molecule has 3 atom stereocenters. The molecule has 13 heteroatoms. The SMILES string of the molecule is Cc1nc(NCCCCC2CC(C(=O)NCC(NS(=O)(=O)c3ccccc3)C(=O)O)NO2)[nH]c1C. The summed E-state index contributed by atoms with van der Waals surface area (Å²) in [5, 5.41) is 15.1. The second kappa shape index (κ2) is 12.1. The van der Waals surface area contributed by atoms with Crippen molar-refractivity contribution in [1.29, 1.82) is 0 Å². The minimum atomic E-state index is -4.05. The molecule has 1 aliphatic heterocycles. The highest BCUT2D eigenvalue weighted by molar-refractivity contribution is 7.89. The largest absolute Gasteiger partial charge is 0.480 e. The smallest absolute Gasteiger partial charge is 0.323 e. The van der Waals surface area contributed by atoms with Crippen molar-refractivity contribution < 1.29 is 28.0 Å². The monoisotopic (exact) mass is 508 g/mol. The summed E-state index contributed by atoms with van der Waals surface area (Å²) in [7, 11) is -4.05. The van der Waals surface area contributed by atoms with Crippen LogP contribution in [-0.4, -0.2) is 66.6 Å². The molecule has 1 saturated heterocycles. The first-order valence-corrected chi connectivity index (χ1v) is 12.9. The minimum Gasteiger partial charge on any atom is -0.480 e. The molecule has 2 heterocycles. The van der Waals surface area contributed by atoms with Gasteiger partial charge >= 0.3 is 5.97 Å². The number of carbonyl (C=O) groups is 2. The van der Waals surface area contributed by atoms with Gasteiger partial charge in [0.25, 0.3) is 0 Å². The van der Waals surface area contributed by atoms with Crippen molar-refractivity contribution in [2.75, 3.05) is 18.4 Å². The molecule has 3 unspecified atom stereocenters. The van der Waals surface area contributed by atoms with Gasteiger partial charge in [-0.15, -0.1) is 0 Å². The number of H-pyrrole nitrogens is 1. The predicted molar refractivity (Wildman–Crippen MR) is 128 cm³/mol. The number of hydroxylamine groups is 1. The second-order valence-electron chi connectivity index (χ2n) is 8.43. The van der Waals surface area contributed by atoms with Gasteiger partial charge < -0.3 is 20.7 Å². The highest BCUT2D eigenvalue weighted by atomic mass is 32.2. The molecule has 35 heavy (non-hydrogen) atoms. The van der Waals surface area contributed by atoms with Crippen LogP contribution >= 0.6 is 0 Å². The number of aromatic amines is 1. The fourth-order valence-electron chi connectivity index (χ4n) is 3.57. The number of hydrogen-bond acceptors (Lipinski definition) is 8. The van der Waals surface area contributed by atoms with Crippen molar-refractivity contribution in [2.45, 2.75) is 62.6 Å². The standard InChI is InChI=1S/C22H32N6O6S/c1-14-15(2)26-22(25-14)23-11-7-6-8-16-12-18(27-34-16)20(29)24-13-19(21(30)31)28-35(32,33)17-9-4-3-5-10-17/h3-5,9-10,16,18-19,27-28H,6-8,11-13H2,1-2H3,(H,24,29)(H,30,31)(H2,23,25,26). The molecule has 0 saturated carbocycles. The maximum Gasteiger partial charge on any atom is 0.323 e. The molecule has 1 aromatic heterocycles. The summed E-state index contributed by atoms with van der Waals surface area (Å²) in [4.78, 5) is 37.0. The Balaban J connectivity index is 1.37. The van der Waals surface area contributed by atoms with Gasteiger partial charge in [-0.2, -0.15) is 10.2 Å². The molecule has 3 rings (SSSR count). The number of nitrogens with zero attached hydrogens (tertiary/aromatic N) is 1. The van der Waals surface area contributed by atoms with Gasteiger partial charge in [-0.05, 0) is 45.2 Å². The zero-order chi connectivity index (χ0) is 25.4. The number of amides is 1. The number of imidazole rings is 1. The van der Waals surface area contributed by atoms with E-state index in [0.717, 1.165) is 43.1 Å². The topological polar surface area (TPSA) is 175 Å². The maximum absolute atomic E-state index is 12.5. The lowest BCUT2D eigenvalue weighted by Crippen LogP contribution is -2.51. The van der Waals surface area contributed by atoms with Crippen LogP contribution in [0.1, 0.15) is 37.1 Å². The van der Waals surface area contributed by atoms with Gasteiger partial charge in [0.05, 0.1) is 16.7 Å². The number of hydrogen-bond donors (Lipinski definition) is 6. The minimum absolute atomic E-state index is 0.0594. The quantitative estimate of drug-likeness (QED) is 0.214. The van der Waals surface area contributed by atoms with E-state index in [1.165, 1.54) is 24.3 Å². The van der Waals surface area contributed by atoms with Crippen molar-refractivity contribution in [3.8, 4) is 0 Å². The summed E-state index contributed by atoms with van der Waals surface area (Å²) in [6, 6.07) is 5.27. The van der Waals surface area contributed by atoms with Crippen LogP contribution in [0.5, 0.6) is 0 Å². The molecule has 0 bridgehead atoms. The van der Waals surface area contributed by atoms with Gasteiger partial charge in [0, 0.05) is 25.2 Å². The van der Waals surface area contributed by atoms with E-state index in [1.807, 2.05) is 13.8 Å². The molecule has 0 radical (unpaired) electrons. The van der Waals surface area contributed by atoms with Crippen LogP contribution in [0.3, 0.4) is 0 Å². The van der Waals surface area contributed by atoms with E-state index in [0.29, 0.717) is 6.42 Å². The van der Waals surface area contributed by atoms with Gasteiger partial charge in [-0.3, -0.25) is 14.4 Å². The van der Waals surface area contributed by atoms with Crippen LogP contribution in [0.15, 0.2) is 35.2 Å². The Labute approximate surface area is 204 Å². The van der Waals surface area contributed by atoms with Gasteiger partial charge in [0.2, 0.25) is 21.9 Å². The summed E-state index contributed by atoms with van der Waals surface area (Å²) in [6.45, 7) is 4.26. The molecule has 0 spiro atoms. The number of benzene rings is 1. The molecule has 192 valence electrons. The Morgan fingerprint density at radius 1 is 1.23 bits per heavy atom. The van der Waals surface area contributed by atoms with Crippen molar-refractivity contribution >= 4 is 27.8 Å². The van der Waals surface area contributed by atoms with Gasteiger partial charge in [0.1, 0.15) is 12.1 Å². The van der Waals surface area contributed by atoms with E-state index in [1.54, 1.807) is 6.07 Å². The van der Waals surface area contributed by atoms with Crippen LogP contribution < -0.4 is 20.8 Å². The third kappa shape index (κ3) is 7.75. The number of carboxylic acids is 1. The maximum atomic E-state index is 12.5. The normalized spacial score (nSPS) is 18.8. The first kappa shape index (κ1) is 26.6. The third-order valence-corrected chi connectivity index (χ3v) is 7.18. The Hall–Kier alpha value is -3.00. The summed E-state index contributed by atoms with van der Waals surface area (Å²) in [6.07, 6.45) is 2.82. The Kier molecular flexibility index (Phi) is 9.20. The molecule has 1 amide bonds. The van der Waals surface area contributed by atoms with E-state index >= 15 is 0 Å². The summed E-state index contributed by atoms with van der Waals surface area (Å²) in [5.41, 5.74) is 4.68. The lowest BCUT2D eigenvalue weighted by Gasteiger charge is -2.17. The molecule has 1 aliphatic rings. The van der Waals surface area contributed by atoms with E-state index in [-0.39, 0.29) is 11.0 Å². The van der Waals surface area contributed by atoms with Gasteiger partial charge in [-0.25, -0.2) is 13.4 Å². The van der Waals surface area contributed by atoms with Gasteiger partial charge in [0.15, 0.2) is 0 Å². The number of sulfonamides is 1. The lowest BCUT2D eigenvalue weighted by molar-refractivity contribution is -0.139. The van der Waals surface area contributed by atoms with E-state index in [9.17, 15) is 23.1 Å². The summed E-state index contributed by atoms with van der Waals surface area (Å²) in [5.74, 6) is -1.10. The van der Waals surface area contributed by atoms with Crippen LogP contribution in [-0.2, 0) is 24.4 Å². The van der Waals surface area contributed by atoms with Crippen molar-refractivity contribution in [3.05, 3.63) is 41.7 Å². The predicted octanol–water partition coefficient (Wildman–Crippen LogP) is 0.819. The van der Waals surface area contributed by atoms with Crippen molar-refractivity contribution in [3.63, 3.8) is 0 Å². The van der Waals surface area contributed by atoms with E-state index < -0.39 is 40.5 Å². The number of aryl methyl sites for hydroxylation is 2. The van der Waals surface area contributed by atoms with Crippen LogP contribution in [0.25, 0.3) is 0 Å². The Morgan fingerprint density at radius 2 is 1.97 bits per heavy atom. The number of unbranched alkanes of at least 4 members (excludes halogenated alkanes) is 1. The molecule has 1 fully saturated rings. The highest BCUT2D eigenvalue weighted by Crippen LogP contribution is 2.17. The fourth-order valence-corrected chi connectivity index (χ4v) is 4.78. The number of rotatable bonds is 13. The Bertz CT molecular complexity index is 1090. The number of carboxylic acid groups (broad SMARTS) is 1. The van der Waals surface area contributed by atoms with Crippen LogP contribution in [0.2, 0.25) is 0 Å². The summed E-state index contributed by atoms with van der Waals surface area (Å²) < 4.78 is 26.9. The van der Waals surface area contributed by atoms with E-state index in [4.69, 9.17) is 4.84 Å². The highest BCUT2D eigenvalue weighted by Gasteiger charge is 2.32. The number of carbonyl (C=O) groups excluding carboxylic acids is 1. The number of anilines is 1. The molecule has 12 nitrogen and oxygen atoms in total. The zero-order valence-electron chi connectivity index (χ0n) is 19.7. The molecule has 2 aromatic rings. The average Bonchev–Trinajstić information content (AvgIpc) is 3.42. The number of aromatic nitrogens is 2. The first-order valence-electron chi connectivity index (χ1n) is 11.4. The third-order valence-electron chi connectivity index (χ3n) is 5.69. The fraction of sp³-hybridized carbons (Fsp3) is 0.500. The molecular weight excluding hydrogens is 476 g/mol. The van der Waals surface area contributed by atoms with Crippen molar-refractivity contribution in [2.24, 2.45) is 0 Å². The number of aliphatic carboxylic acids is 1. The van der Waals surface area contributed by atoms with Crippen LogP contribution in [0.4, 0.5) is 5.95 Å². The molecule has 0 aliphatic carbocycles. The average molecular weight is 509 g/mol. The molecule has 1 aromatic carbocycles. The van der Waals surface area contributed by atoms with E-state index in [2.05, 4.69) is 30.8 Å². The first-order chi connectivity index (χ1) is 16.7. The second-order valence-corrected chi connectivity index (χ2v) is 10.1. The van der Waals surface area contributed by atoms with Crippen molar-refractivity contribution in [1.82, 2.24) is 25.5 Å². The molecular formula is C22H32N6O6S. The van der Waals surface area contributed by atoms with Crippen LogP contribution in [0, 0.1) is 13.8 Å². The lowest BCUT2D eigenvalue weighted by atomic mass is 10.1.